The smallest absolute Gasteiger partial charge is 0.172 e. The molecule has 0 bridgehead atoms. The van der Waals surface area contributed by atoms with Gasteiger partial charge in [0.1, 0.15) is 24.4 Å². The van der Waals surface area contributed by atoms with E-state index in [1.54, 1.807) is 16.8 Å². The minimum absolute atomic E-state index is 0.263. The second-order valence-electron chi connectivity index (χ2n) is 3.73. The van der Waals surface area contributed by atoms with E-state index < -0.39 is 0 Å². The standard InChI is InChI=1S/C12H14N4O2/c1-3-16-12(13-8-14-16)7-18-11-5-4-9(2)15-10(11)6-17/h4-6,8H,3,7H2,1-2H3. The average Bonchev–Trinajstić information content (AvgIpc) is 2.84. The van der Waals surface area contributed by atoms with Crippen molar-refractivity contribution in [3.8, 4) is 5.75 Å². The summed E-state index contributed by atoms with van der Waals surface area (Å²) in [6, 6.07) is 3.53. The largest absolute Gasteiger partial charge is 0.483 e. The third-order valence-corrected chi connectivity index (χ3v) is 2.49. The monoisotopic (exact) mass is 246 g/mol. The number of aryl methyl sites for hydroxylation is 2. The van der Waals surface area contributed by atoms with Crippen LogP contribution in [0, 0.1) is 6.92 Å². The number of carbonyl (C=O) groups is 1. The van der Waals surface area contributed by atoms with Gasteiger partial charge in [-0.15, -0.1) is 0 Å². The molecular weight excluding hydrogens is 232 g/mol. The quantitative estimate of drug-likeness (QED) is 0.746. The molecule has 0 radical (unpaired) electrons. The normalized spacial score (nSPS) is 10.3. The summed E-state index contributed by atoms with van der Waals surface area (Å²) in [6.07, 6.45) is 2.17. The van der Waals surface area contributed by atoms with Gasteiger partial charge < -0.3 is 4.74 Å². The molecule has 0 amide bonds. The lowest BCUT2D eigenvalue weighted by molar-refractivity contribution is 0.111. The van der Waals surface area contributed by atoms with E-state index in [9.17, 15) is 4.79 Å². The Balaban J connectivity index is 2.13. The summed E-state index contributed by atoms with van der Waals surface area (Å²) in [5.41, 5.74) is 1.08. The second-order valence-corrected chi connectivity index (χ2v) is 3.73. The molecule has 0 aliphatic carbocycles. The molecule has 18 heavy (non-hydrogen) atoms. The molecular formula is C12H14N4O2. The van der Waals surface area contributed by atoms with Crippen molar-refractivity contribution in [3.63, 3.8) is 0 Å². The zero-order chi connectivity index (χ0) is 13.0. The van der Waals surface area contributed by atoms with E-state index in [4.69, 9.17) is 4.74 Å². The van der Waals surface area contributed by atoms with Gasteiger partial charge in [0.05, 0.1) is 0 Å². The van der Waals surface area contributed by atoms with Gasteiger partial charge >= 0.3 is 0 Å². The summed E-state index contributed by atoms with van der Waals surface area (Å²) in [5.74, 6) is 1.18. The maximum absolute atomic E-state index is 10.9. The van der Waals surface area contributed by atoms with Crippen molar-refractivity contribution >= 4 is 6.29 Å². The first-order valence-electron chi connectivity index (χ1n) is 5.67. The highest BCUT2D eigenvalue weighted by Crippen LogP contribution is 2.16. The predicted molar refractivity (Wildman–Crippen MR) is 64.4 cm³/mol. The molecule has 0 atom stereocenters. The fourth-order valence-electron chi connectivity index (χ4n) is 1.58. The molecule has 2 aromatic heterocycles. The van der Waals surface area contributed by atoms with Gasteiger partial charge in [0.25, 0.3) is 0 Å². The molecule has 6 heteroatoms. The van der Waals surface area contributed by atoms with Crippen LogP contribution in [-0.4, -0.2) is 26.0 Å². The van der Waals surface area contributed by atoms with Crippen molar-refractivity contribution in [1.29, 1.82) is 0 Å². The molecule has 2 rings (SSSR count). The number of nitrogens with zero attached hydrogens (tertiary/aromatic N) is 4. The number of aldehydes is 1. The lowest BCUT2D eigenvalue weighted by atomic mass is 10.3. The van der Waals surface area contributed by atoms with Crippen molar-refractivity contribution in [1.82, 2.24) is 19.7 Å². The molecule has 0 aliphatic rings. The summed E-state index contributed by atoms with van der Waals surface area (Å²) in [4.78, 5) is 19.1. The minimum atomic E-state index is 0.263. The Hall–Kier alpha value is -2.24. The SMILES string of the molecule is CCn1ncnc1COc1ccc(C)nc1C=O. The van der Waals surface area contributed by atoms with Crippen LogP contribution in [0.25, 0.3) is 0 Å². The summed E-state index contributed by atoms with van der Waals surface area (Å²) in [6.45, 7) is 4.79. The van der Waals surface area contributed by atoms with Gasteiger partial charge in [-0.2, -0.15) is 5.10 Å². The van der Waals surface area contributed by atoms with E-state index in [2.05, 4.69) is 15.1 Å². The highest BCUT2D eigenvalue weighted by atomic mass is 16.5. The van der Waals surface area contributed by atoms with Crippen LogP contribution in [-0.2, 0) is 13.2 Å². The van der Waals surface area contributed by atoms with Crippen molar-refractivity contribution in [3.05, 3.63) is 35.7 Å². The van der Waals surface area contributed by atoms with E-state index in [1.807, 2.05) is 13.8 Å². The van der Waals surface area contributed by atoms with Crippen LogP contribution < -0.4 is 4.74 Å². The molecule has 2 aromatic rings. The molecule has 6 nitrogen and oxygen atoms in total. The number of pyridine rings is 1. The fraction of sp³-hybridized carbons (Fsp3) is 0.333. The van der Waals surface area contributed by atoms with Crippen molar-refractivity contribution in [2.75, 3.05) is 0 Å². The molecule has 0 aromatic carbocycles. The van der Waals surface area contributed by atoms with Crippen LogP contribution in [0.2, 0.25) is 0 Å². The summed E-state index contributed by atoms with van der Waals surface area (Å²) in [7, 11) is 0. The van der Waals surface area contributed by atoms with E-state index in [-0.39, 0.29) is 6.61 Å². The second kappa shape index (κ2) is 5.39. The van der Waals surface area contributed by atoms with Crippen LogP contribution in [0.5, 0.6) is 5.75 Å². The maximum atomic E-state index is 10.9. The Morgan fingerprint density at radius 3 is 3.00 bits per heavy atom. The number of hydrogen-bond acceptors (Lipinski definition) is 5. The molecule has 0 aliphatic heterocycles. The average molecular weight is 246 g/mol. The maximum Gasteiger partial charge on any atom is 0.172 e. The molecule has 0 saturated carbocycles. The molecule has 0 unspecified atom stereocenters. The Morgan fingerprint density at radius 1 is 1.44 bits per heavy atom. The number of rotatable bonds is 5. The Bertz CT molecular complexity index is 551. The van der Waals surface area contributed by atoms with Gasteiger partial charge in [0, 0.05) is 12.2 Å². The highest BCUT2D eigenvalue weighted by Gasteiger charge is 2.08. The van der Waals surface area contributed by atoms with E-state index >= 15 is 0 Å². The number of aromatic nitrogens is 4. The van der Waals surface area contributed by atoms with Crippen LogP contribution in [0.4, 0.5) is 0 Å². The topological polar surface area (TPSA) is 69.9 Å². The number of ether oxygens (including phenoxy) is 1. The molecule has 0 spiro atoms. The van der Waals surface area contributed by atoms with Crippen molar-refractivity contribution < 1.29 is 9.53 Å². The van der Waals surface area contributed by atoms with Crippen LogP contribution in [0.15, 0.2) is 18.5 Å². The van der Waals surface area contributed by atoms with E-state index in [0.29, 0.717) is 17.7 Å². The van der Waals surface area contributed by atoms with Crippen LogP contribution in [0.1, 0.15) is 28.9 Å². The first-order chi connectivity index (χ1) is 8.74. The van der Waals surface area contributed by atoms with E-state index in [1.165, 1.54) is 6.33 Å². The highest BCUT2D eigenvalue weighted by molar-refractivity contribution is 5.76. The summed E-state index contributed by atoms with van der Waals surface area (Å²) < 4.78 is 7.29. The third kappa shape index (κ3) is 2.53. The lowest BCUT2D eigenvalue weighted by Crippen LogP contribution is -2.08. The Kier molecular flexibility index (Phi) is 3.66. The molecule has 2 heterocycles. The minimum Gasteiger partial charge on any atom is -0.483 e. The first-order valence-corrected chi connectivity index (χ1v) is 5.67. The summed E-state index contributed by atoms with van der Waals surface area (Å²) >= 11 is 0. The predicted octanol–water partition coefficient (Wildman–Crippen LogP) is 1.39. The lowest BCUT2D eigenvalue weighted by Gasteiger charge is -2.08. The zero-order valence-electron chi connectivity index (χ0n) is 10.3. The van der Waals surface area contributed by atoms with Crippen molar-refractivity contribution in [2.45, 2.75) is 27.0 Å². The Morgan fingerprint density at radius 2 is 2.28 bits per heavy atom. The van der Waals surface area contributed by atoms with Gasteiger partial charge in [-0.1, -0.05) is 0 Å². The summed E-state index contributed by atoms with van der Waals surface area (Å²) in [5, 5.41) is 4.04. The molecule has 94 valence electrons. The molecule has 0 saturated heterocycles. The van der Waals surface area contributed by atoms with E-state index in [0.717, 1.165) is 18.1 Å². The van der Waals surface area contributed by atoms with Gasteiger partial charge in [-0.25, -0.2) is 14.6 Å². The van der Waals surface area contributed by atoms with Crippen molar-refractivity contribution in [2.24, 2.45) is 0 Å². The van der Waals surface area contributed by atoms with Crippen LogP contribution >= 0.6 is 0 Å². The van der Waals surface area contributed by atoms with Crippen LogP contribution in [0.3, 0.4) is 0 Å². The fourth-order valence-corrected chi connectivity index (χ4v) is 1.58. The molecule has 0 N–H and O–H groups in total. The number of carbonyl (C=O) groups excluding carboxylic acids is 1. The van der Waals surface area contributed by atoms with Gasteiger partial charge in [-0.3, -0.25) is 4.79 Å². The number of hydrogen-bond donors (Lipinski definition) is 0. The third-order valence-electron chi connectivity index (χ3n) is 2.49. The van der Waals surface area contributed by atoms with Gasteiger partial charge in [0.15, 0.2) is 12.1 Å². The Labute approximate surface area is 105 Å². The molecule has 0 fully saturated rings. The zero-order valence-corrected chi connectivity index (χ0v) is 10.3. The van der Waals surface area contributed by atoms with Gasteiger partial charge in [0.2, 0.25) is 0 Å². The first kappa shape index (κ1) is 12.2. The van der Waals surface area contributed by atoms with Gasteiger partial charge in [-0.05, 0) is 26.0 Å².